The first kappa shape index (κ1) is 10.5. The van der Waals surface area contributed by atoms with Crippen LogP contribution >= 0.6 is 45.2 Å². The van der Waals surface area contributed by atoms with E-state index < -0.39 is 0 Å². The molecule has 0 aliphatic carbocycles. The van der Waals surface area contributed by atoms with Crippen LogP contribution in [0.3, 0.4) is 0 Å². The highest BCUT2D eigenvalue weighted by Crippen LogP contribution is 2.26. The zero-order chi connectivity index (χ0) is 9.14. The minimum atomic E-state index is -0.260. The first-order valence-electron chi connectivity index (χ1n) is 3.43. The van der Waals surface area contributed by atoms with Gasteiger partial charge in [0.1, 0.15) is 0 Å². The maximum Gasteiger partial charge on any atom is 0.179 e. The molecule has 0 saturated heterocycles. The molecule has 0 heterocycles. The molecule has 0 aromatic heterocycles. The minimum Gasteiger partial charge on any atom is -0.491 e. The highest BCUT2D eigenvalue weighted by Gasteiger charge is 2.09. The summed E-state index contributed by atoms with van der Waals surface area (Å²) in [5.41, 5.74) is 0. The molecule has 1 aromatic carbocycles. The lowest BCUT2D eigenvalue weighted by atomic mass is 10.3. The fraction of sp³-hybridized carbons (Fsp3) is 0.250. The van der Waals surface area contributed by atoms with Crippen molar-refractivity contribution in [1.82, 2.24) is 0 Å². The molecule has 4 heteroatoms. The number of hydrogen-bond acceptors (Lipinski definition) is 1. The van der Waals surface area contributed by atoms with Gasteiger partial charge in [-0.05, 0) is 64.2 Å². The summed E-state index contributed by atoms with van der Waals surface area (Å²) >= 11 is 4.06. The quantitative estimate of drug-likeness (QED) is 0.554. The van der Waals surface area contributed by atoms with Crippen molar-refractivity contribution in [3.63, 3.8) is 0 Å². The van der Waals surface area contributed by atoms with Crippen molar-refractivity contribution in [3.05, 3.63) is 25.1 Å². The Labute approximate surface area is 98.0 Å². The number of benzene rings is 1. The lowest BCUT2D eigenvalue weighted by molar-refractivity contribution is 0.320. The SMILES string of the molecule is CCOc1ccc(I)c(I)c1F. The molecule has 0 N–H and O–H groups in total. The van der Waals surface area contributed by atoms with Crippen LogP contribution in [0.15, 0.2) is 12.1 Å². The van der Waals surface area contributed by atoms with Crippen LogP contribution in [-0.2, 0) is 0 Å². The molecule has 0 fully saturated rings. The van der Waals surface area contributed by atoms with E-state index in [-0.39, 0.29) is 5.82 Å². The van der Waals surface area contributed by atoms with E-state index in [0.29, 0.717) is 15.9 Å². The molecular weight excluding hydrogens is 385 g/mol. The van der Waals surface area contributed by atoms with Gasteiger partial charge < -0.3 is 4.74 Å². The van der Waals surface area contributed by atoms with Gasteiger partial charge in [-0.25, -0.2) is 4.39 Å². The molecule has 12 heavy (non-hydrogen) atoms. The third-order valence-electron chi connectivity index (χ3n) is 1.30. The van der Waals surface area contributed by atoms with Crippen molar-refractivity contribution < 1.29 is 9.13 Å². The molecule has 0 aliphatic rings. The highest BCUT2D eigenvalue weighted by atomic mass is 127. The normalized spacial score (nSPS) is 10.0. The number of ether oxygens (including phenoxy) is 1. The Balaban J connectivity index is 3.08. The first-order valence-corrected chi connectivity index (χ1v) is 5.59. The zero-order valence-electron chi connectivity index (χ0n) is 6.40. The monoisotopic (exact) mass is 392 g/mol. The second-order valence-corrected chi connectivity index (χ2v) is 4.35. The summed E-state index contributed by atoms with van der Waals surface area (Å²) in [5, 5.41) is 0. The number of hydrogen-bond donors (Lipinski definition) is 0. The Bertz CT molecular complexity index is 289. The summed E-state index contributed by atoms with van der Waals surface area (Å²) in [6.45, 7) is 2.33. The van der Waals surface area contributed by atoms with Crippen molar-refractivity contribution in [3.8, 4) is 5.75 Å². The Hall–Kier alpha value is 0.410. The van der Waals surface area contributed by atoms with Gasteiger partial charge >= 0.3 is 0 Å². The Morgan fingerprint density at radius 3 is 2.67 bits per heavy atom. The zero-order valence-corrected chi connectivity index (χ0v) is 10.7. The number of rotatable bonds is 2. The molecule has 0 saturated carbocycles. The second kappa shape index (κ2) is 4.59. The van der Waals surface area contributed by atoms with E-state index in [1.165, 1.54) is 0 Å². The molecule has 0 radical (unpaired) electrons. The van der Waals surface area contributed by atoms with E-state index in [4.69, 9.17) is 4.74 Å². The van der Waals surface area contributed by atoms with Crippen LogP contribution in [0.5, 0.6) is 5.75 Å². The molecule has 0 spiro atoms. The highest BCUT2D eigenvalue weighted by molar-refractivity contribution is 14.1. The Kier molecular flexibility index (Phi) is 4.01. The van der Waals surface area contributed by atoms with E-state index in [9.17, 15) is 4.39 Å². The van der Waals surface area contributed by atoms with E-state index in [1.807, 2.05) is 35.6 Å². The molecule has 0 amide bonds. The summed E-state index contributed by atoms with van der Waals surface area (Å²) < 4.78 is 19.9. The van der Waals surface area contributed by atoms with Crippen LogP contribution in [0.25, 0.3) is 0 Å². The van der Waals surface area contributed by atoms with Crippen LogP contribution in [-0.4, -0.2) is 6.61 Å². The minimum absolute atomic E-state index is 0.260. The van der Waals surface area contributed by atoms with Crippen LogP contribution in [0.1, 0.15) is 6.92 Å². The van der Waals surface area contributed by atoms with Crippen molar-refractivity contribution >= 4 is 45.2 Å². The van der Waals surface area contributed by atoms with Gasteiger partial charge in [-0.15, -0.1) is 0 Å². The number of halogens is 3. The second-order valence-electron chi connectivity index (χ2n) is 2.11. The molecule has 1 rings (SSSR count). The van der Waals surface area contributed by atoms with Crippen molar-refractivity contribution in [2.24, 2.45) is 0 Å². The van der Waals surface area contributed by atoms with Crippen molar-refractivity contribution in [1.29, 1.82) is 0 Å². The topological polar surface area (TPSA) is 9.23 Å². The third-order valence-corrected chi connectivity index (χ3v) is 4.29. The molecule has 1 nitrogen and oxygen atoms in total. The molecule has 0 unspecified atom stereocenters. The van der Waals surface area contributed by atoms with Crippen molar-refractivity contribution in [2.45, 2.75) is 6.92 Å². The average molecular weight is 392 g/mol. The summed E-state index contributed by atoms with van der Waals surface area (Å²) in [6.07, 6.45) is 0. The van der Waals surface area contributed by atoms with Crippen LogP contribution in [0.2, 0.25) is 0 Å². The van der Waals surface area contributed by atoms with E-state index in [2.05, 4.69) is 22.6 Å². The lowest BCUT2D eigenvalue weighted by Gasteiger charge is -2.06. The van der Waals surface area contributed by atoms with E-state index >= 15 is 0 Å². The van der Waals surface area contributed by atoms with Crippen molar-refractivity contribution in [2.75, 3.05) is 6.61 Å². The maximum atomic E-state index is 13.3. The van der Waals surface area contributed by atoms with Gasteiger partial charge in [-0.2, -0.15) is 0 Å². The van der Waals surface area contributed by atoms with Gasteiger partial charge in [0.05, 0.1) is 10.2 Å². The largest absolute Gasteiger partial charge is 0.491 e. The molecule has 0 aliphatic heterocycles. The fourth-order valence-corrected chi connectivity index (χ4v) is 1.64. The molecule has 66 valence electrons. The van der Waals surface area contributed by atoms with Gasteiger partial charge in [-0.1, -0.05) is 0 Å². The molecule has 0 atom stereocenters. The standard InChI is InChI=1S/C8H7FI2O/c1-2-12-6-4-3-5(10)8(11)7(6)9/h3-4H,2H2,1H3. The fourth-order valence-electron chi connectivity index (χ4n) is 0.775. The summed E-state index contributed by atoms with van der Waals surface area (Å²) in [4.78, 5) is 0. The van der Waals surface area contributed by atoms with Crippen LogP contribution in [0, 0.1) is 13.0 Å². The first-order chi connectivity index (χ1) is 5.66. The predicted molar refractivity (Wildman–Crippen MR) is 63.0 cm³/mol. The van der Waals surface area contributed by atoms with E-state index in [1.54, 1.807) is 6.07 Å². The average Bonchev–Trinajstić information content (AvgIpc) is 2.07. The third kappa shape index (κ3) is 2.21. The van der Waals surface area contributed by atoms with Gasteiger partial charge in [0.2, 0.25) is 0 Å². The summed E-state index contributed by atoms with van der Waals surface area (Å²) in [7, 11) is 0. The van der Waals surface area contributed by atoms with Crippen LogP contribution < -0.4 is 4.74 Å². The molecular formula is C8H7FI2O. The lowest BCUT2D eigenvalue weighted by Crippen LogP contribution is -1.97. The van der Waals surface area contributed by atoms with Crippen LogP contribution in [0.4, 0.5) is 4.39 Å². The summed E-state index contributed by atoms with van der Waals surface area (Å²) in [6, 6.07) is 3.50. The van der Waals surface area contributed by atoms with Gasteiger partial charge in [0.15, 0.2) is 11.6 Å². The Morgan fingerprint density at radius 2 is 2.08 bits per heavy atom. The smallest absolute Gasteiger partial charge is 0.179 e. The van der Waals surface area contributed by atoms with Gasteiger partial charge in [0.25, 0.3) is 0 Å². The predicted octanol–water partition coefficient (Wildman–Crippen LogP) is 3.43. The molecule has 0 bridgehead atoms. The van der Waals surface area contributed by atoms with Gasteiger partial charge in [-0.3, -0.25) is 0 Å². The molecule has 1 aromatic rings. The maximum absolute atomic E-state index is 13.3. The van der Waals surface area contributed by atoms with E-state index in [0.717, 1.165) is 3.57 Å². The Morgan fingerprint density at radius 1 is 1.42 bits per heavy atom. The van der Waals surface area contributed by atoms with Gasteiger partial charge in [0, 0.05) is 3.57 Å². The summed E-state index contributed by atoms with van der Waals surface area (Å²) in [5.74, 6) is 0.0756.